The molecule has 110 valence electrons. The molecule has 21 heavy (non-hydrogen) atoms. The average Bonchev–Trinajstić information content (AvgIpc) is 2.46. The summed E-state index contributed by atoms with van der Waals surface area (Å²) >= 11 is 0. The molecule has 0 amide bonds. The first kappa shape index (κ1) is 14.2. The summed E-state index contributed by atoms with van der Waals surface area (Å²) in [5, 5.41) is 1.15. The highest BCUT2D eigenvalue weighted by atomic mass is 16.1. The lowest BCUT2D eigenvalue weighted by Crippen LogP contribution is -2.38. The van der Waals surface area contributed by atoms with Crippen molar-refractivity contribution in [1.29, 1.82) is 0 Å². The second-order valence-electron chi connectivity index (χ2n) is 7.01. The van der Waals surface area contributed by atoms with Crippen LogP contribution in [0, 0.1) is 11.8 Å². The van der Waals surface area contributed by atoms with Crippen molar-refractivity contribution in [3.05, 3.63) is 42.1 Å². The van der Waals surface area contributed by atoms with E-state index in [1.54, 1.807) is 0 Å². The number of rotatable bonds is 2. The summed E-state index contributed by atoms with van der Waals surface area (Å²) in [5.41, 5.74) is 2.08. The number of benzene rings is 1. The van der Waals surface area contributed by atoms with Crippen LogP contribution in [-0.4, -0.2) is 10.8 Å². The third-order valence-electron chi connectivity index (χ3n) is 5.08. The van der Waals surface area contributed by atoms with Crippen molar-refractivity contribution >= 4 is 16.7 Å². The van der Waals surface area contributed by atoms with Gasteiger partial charge in [-0.15, -0.1) is 0 Å². The van der Waals surface area contributed by atoms with Gasteiger partial charge in [0, 0.05) is 29.3 Å². The number of pyridine rings is 1. The molecule has 0 N–H and O–H groups in total. The Morgan fingerprint density at radius 2 is 1.90 bits per heavy atom. The maximum atomic E-state index is 12.5. The zero-order valence-electron chi connectivity index (χ0n) is 13.1. The third-order valence-corrected chi connectivity index (χ3v) is 5.08. The molecule has 0 radical (unpaired) electrons. The number of carbonyl (C=O) groups excluding carboxylic acids is 1. The molecule has 3 rings (SSSR count). The van der Waals surface area contributed by atoms with Gasteiger partial charge in [-0.05, 0) is 30.4 Å². The topological polar surface area (TPSA) is 30.0 Å². The first-order chi connectivity index (χ1) is 10.00. The van der Waals surface area contributed by atoms with Crippen LogP contribution in [0.3, 0.4) is 0 Å². The minimum Gasteiger partial charge on any atom is -0.299 e. The number of hydrogen-bond donors (Lipinski definition) is 0. The van der Waals surface area contributed by atoms with Crippen molar-refractivity contribution in [2.45, 2.75) is 45.4 Å². The van der Waals surface area contributed by atoms with Crippen LogP contribution in [0.1, 0.15) is 45.6 Å². The number of hydrogen-bond acceptors (Lipinski definition) is 2. The highest BCUT2D eigenvalue weighted by Crippen LogP contribution is 2.42. The minimum atomic E-state index is -0.162. The van der Waals surface area contributed by atoms with Crippen molar-refractivity contribution in [2.24, 2.45) is 11.8 Å². The molecular weight excluding hydrogens is 258 g/mol. The lowest BCUT2D eigenvalue weighted by Gasteiger charge is -2.38. The maximum Gasteiger partial charge on any atom is 0.137 e. The molecule has 0 aliphatic heterocycles. The Labute approximate surface area is 126 Å². The van der Waals surface area contributed by atoms with E-state index in [0.29, 0.717) is 11.7 Å². The fourth-order valence-corrected chi connectivity index (χ4v) is 3.78. The van der Waals surface area contributed by atoms with Gasteiger partial charge in [-0.2, -0.15) is 0 Å². The molecule has 2 nitrogen and oxygen atoms in total. The Morgan fingerprint density at radius 3 is 2.67 bits per heavy atom. The molecule has 2 aromatic rings. The van der Waals surface area contributed by atoms with Crippen LogP contribution in [0.4, 0.5) is 0 Å². The van der Waals surface area contributed by atoms with Gasteiger partial charge >= 0.3 is 0 Å². The van der Waals surface area contributed by atoms with Gasteiger partial charge in [-0.25, -0.2) is 0 Å². The SMILES string of the molecule is CC1CCC(C(C)(C)c2cccc3cccnc23)C(=O)C1. The smallest absolute Gasteiger partial charge is 0.137 e. The number of fused-ring (bicyclic) bond motifs is 1. The first-order valence-electron chi connectivity index (χ1n) is 7.87. The molecular formula is C19H23NO. The van der Waals surface area contributed by atoms with Gasteiger partial charge in [-0.3, -0.25) is 9.78 Å². The van der Waals surface area contributed by atoms with E-state index in [-0.39, 0.29) is 11.3 Å². The quantitative estimate of drug-likeness (QED) is 0.810. The lowest BCUT2D eigenvalue weighted by atomic mass is 9.65. The molecule has 1 fully saturated rings. The van der Waals surface area contributed by atoms with Gasteiger partial charge in [0.1, 0.15) is 5.78 Å². The molecule has 1 aromatic carbocycles. The van der Waals surface area contributed by atoms with Gasteiger partial charge in [0.2, 0.25) is 0 Å². The second kappa shape index (κ2) is 5.25. The summed E-state index contributed by atoms with van der Waals surface area (Å²) in [6.07, 6.45) is 4.72. The van der Waals surface area contributed by atoms with Crippen LogP contribution in [0.15, 0.2) is 36.5 Å². The lowest BCUT2D eigenvalue weighted by molar-refractivity contribution is -0.128. The van der Waals surface area contributed by atoms with Crippen LogP contribution in [0.5, 0.6) is 0 Å². The van der Waals surface area contributed by atoms with Crippen molar-refractivity contribution in [1.82, 2.24) is 4.98 Å². The summed E-state index contributed by atoms with van der Waals surface area (Å²) in [5.74, 6) is 1.07. The van der Waals surface area contributed by atoms with E-state index < -0.39 is 0 Å². The Kier molecular flexibility index (Phi) is 3.56. The van der Waals surface area contributed by atoms with E-state index in [2.05, 4.69) is 50.0 Å². The molecule has 1 aliphatic rings. The van der Waals surface area contributed by atoms with E-state index in [0.717, 1.165) is 30.2 Å². The number of aromatic nitrogens is 1. The zero-order valence-corrected chi connectivity index (χ0v) is 13.1. The Hall–Kier alpha value is -1.70. The van der Waals surface area contributed by atoms with Gasteiger partial charge in [-0.1, -0.05) is 45.0 Å². The number of para-hydroxylation sites is 1. The molecule has 2 heteroatoms. The van der Waals surface area contributed by atoms with Gasteiger partial charge < -0.3 is 0 Å². The molecule has 1 aromatic heterocycles. The van der Waals surface area contributed by atoms with Crippen LogP contribution in [-0.2, 0) is 10.2 Å². The largest absolute Gasteiger partial charge is 0.299 e. The van der Waals surface area contributed by atoms with Crippen LogP contribution in [0.25, 0.3) is 10.9 Å². The molecule has 0 bridgehead atoms. The standard InChI is InChI=1S/C19H23NO/c1-13-9-10-15(17(21)12-13)19(2,3)16-8-4-6-14-7-5-11-20-18(14)16/h4-8,11,13,15H,9-10,12H2,1-3H3. The molecule has 1 saturated carbocycles. The molecule has 2 atom stereocenters. The monoisotopic (exact) mass is 281 g/mol. The summed E-state index contributed by atoms with van der Waals surface area (Å²) in [6.45, 7) is 6.59. The number of nitrogens with zero attached hydrogens (tertiary/aromatic N) is 1. The summed E-state index contributed by atoms with van der Waals surface area (Å²) in [4.78, 5) is 17.1. The second-order valence-corrected chi connectivity index (χ2v) is 7.01. The van der Waals surface area contributed by atoms with Crippen LogP contribution >= 0.6 is 0 Å². The number of carbonyl (C=O) groups is 1. The van der Waals surface area contributed by atoms with Crippen molar-refractivity contribution in [2.75, 3.05) is 0 Å². The molecule has 2 unspecified atom stereocenters. The van der Waals surface area contributed by atoms with E-state index in [9.17, 15) is 4.79 Å². The Balaban J connectivity index is 2.06. The highest BCUT2D eigenvalue weighted by Gasteiger charge is 2.40. The zero-order chi connectivity index (χ0) is 15.0. The Morgan fingerprint density at radius 1 is 1.14 bits per heavy atom. The van der Waals surface area contributed by atoms with Crippen molar-refractivity contribution < 1.29 is 4.79 Å². The van der Waals surface area contributed by atoms with Crippen molar-refractivity contribution in [3.8, 4) is 0 Å². The fraction of sp³-hybridized carbons (Fsp3) is 0.474. The third kappa shape index (κ3) is 2.48. The molecule has 0 saturated heterocycles. The van der Waals surface area contributed by atoms with Gasteiger partial charge in [0.15, 0.2) is 0 Å². The van der Waals surface area contributed by atoms with Crippen LogP contribution in [0.2, 0.25) is 0 Å². The average molecular weight is 281 g/mol. The Bertz CT molecular complexity index is 669. The maximum absolute atomic E-state index is 12.5. The minimum absolute atomic E-state index is 0.112. The van der Waals surface area contributed by atoms with E-state index in [1.807, 2.05) is 12.3 Å². The molecule has 1 heterocycles. The van der Waals surface area contributed by atoms with Gasteiger partial charge in [0.25, 0.3) is 0 Å². The molecule has 1 aliphatic carbocycles. The predicted octanol–water partition coefficient (Wildman–Crippen LogP) is 4.52. The number of ketones is 1. The van der Waals surface area contributed by atoms with E-state index in [4.69, 9.17) is 0 Å². The normalized spacial score (nSPS) is 23.5. The van der Waals surface area contributed by atoms with E-state index >= 15 is 0 Å². The summed E-state index contributed by atoms with van der Waals surface area (Å²) < 4.78 is 0. The highest BCUT2D eigenvalue weighted by molar-refractivity contribution is 5.87. The summed E-state index contributed by atoms with van der Waals surface area (Å²) in [7, 11) is 0. The first-order valence-corrected chi connectivity index (χ1v) is 7.87. The predicted molar refractivity (Wildman–Crippen MR) is 86.3 cm³/mol. The van der Waals surface area contributed by atoms with Crippen molar-refractivity contribution in [3.63, 3.8) is 0 Å². The summed E-state index contributed by atoms with van der Waals surface area (Å²) in [6, 6.07) is 10.4. The van der Waals surface area contributed by atoms with Gasteiger partial charge in [0.05, 0.1) is 5.52 Å². The van der Waals surface area contributed by atoms with Crippen LogP contribution < -0.4 is 0 Å². The number of Topliss-reactive ketones (excluding diaryl/α,β-unsaturated/α-hetero) is 1. The fourth-order valence-electron chi connectivity index (χ4n) is 3.78. The molecule has 0 spiro atoms. The van der Waals surface area contributed by atoms with E-state index in [1.165, 1.54) is 5.56 Å².